The molecule has 0 amide bonds. The fourth-order valence-electron chi connectivity index (χ4n) is 2.42. The summed E-state index contributed by atoms with van der Waals surface area (Å²) in [6.07, 6.45) is 21.1. The Bertz CT molecular complexity index is 159. The van der Waals surface area contributed by atoms with Crippen molar-refractivity contribution in [3.8, 4) is 0 Å². The van der Waals surface area contributed by atoms with E-state index in [1.807, 2.05) is 0 Å². The molecule has 1 nitrogen and oxygen atoms in total. The summed E-state index contributed by atoms with van der Waals surface area (Å²) in [7, 11) is 0. The van der Waals surface area contributed by atoms with E-state index in [-0.39, 0.29) is 12.4 Å². The Kier molecular flexibility index (Phi) is 22.7. The van der Waals surface area contributed by atoms with E-state index in [2.05, 4.69) is 6.92 Å². The van der Waals surface area contributed by atoms with Crippen LogP contribution in [-0.4, -0.2) is 6.29 Å². The highest BCUT2D eigenvalue weighted by molar-refractivity contribution is 5.85. The fourth-order valence-corrected chi connectivity index (χ4v) is 2.42. The van der Waals surface area contributed by atoms with Gasteiger partial charge in [-0.3, -0.25) is 0 Å². The van der Waals surface area contributed by atoms with Gasteiger partial charge in [-0.15, -0.1) is 12.4 Å². The molecule has 0 unspecified atom stereocenters. The lowest BCUT2D eigenvalue weighted by Gasteiger charge is -2.02. The minimum Gasteiger partial charge on any atom is -0.303 e. The molecule has 0 saturated carbocycles. The third kappa shape index (κ3) is 20.4. The molecule has 0 N–H and O–H groups in total. The van der Waals surface area contributed by atoms with Gasteiger partial charge in [0.1, 0.15) is 6.29 Å². The molecule has 19 heavy (non-hydrogen) atoms. The van der Waals surface area contributed by atoms with Gasteiger partial charge in [0, 0.05) is 6.42 Å². The van der Waals surface area contributed by atoms with E-state index in [1.54, 1.807) is 0 Å². The van der Waals surface area contributed by atoms with Gasteiger partial charge in [0.15, 0.2) is 0 Å². The van der Waals surface area contributed by atoms with Crippen LogP contribution in [0.2, 0.25) is 0 Å². The largest absolute Gasteiger partial charge is 0.303 e. The quantitative estimate of drug-likeness (QED) is 0.249. The number of hydrogen-bond donors (Lipinski definition) is 0. The third-order valence-electron chi connectivity index (χ3n) is 3.68. The van der Waals surface area contributed by atoms with Gasteiger partial charge in [-0.2, -0.15) is 0 Å². The maximum absolute atomic E-state index is 10.1. The molecule has 0 aromatic rings. The first-order chi connectivity index (χ1) is 8.91. The van der Waals surface area contributed by atoms with E-state index in [0.717, 1.165) is 19.1 Å². The van der Waals surface area contributed by atoms with E-state index in [1.165, 1.54) is 83.5 Å². The summed E-state index contributed by atoms with van der Waals surface area (Å²) in [5.41, 5.74) is 0. The van der Waals surface area contributed by atoms with Crippen LogP contribution >= 0.6 is 12.4 Å². The topological polar surface area (TPSA) is 17.1 Å². The normalized spacial score (nSPS) is 10.2. The minimum absolute atomic E-state index is 0. The zero-order chi connectivity index (χ0) is 13.3. The molecule has 0 aliphatic carbocycles. The van der Waals surface area contributed by atoms with Gasteiger partial charge in [0.25, 0.3) is 0 Å². The SMILES string of the molecule is CCCCCCCCCCCCCCCCC=O.Cl. The minimum atomic E-state index is 0. The number of rotatable bonds is 15. The highest BCUT2D eigenvalue weighted by Gasteiger charge is 1.93. The summed E-state index contributed by atoms with van der Waals surface area (Å²) >= 11 is 0. The Labute approximate surface area is 127 Å². The van der Waals surface area contributed by atoms with Crippen molar-refractivity contribution < 1.29 is 4.79 Å². The highest BCUT2D eigenvalue weighted by atomic mass is 35.5. The second-order valence-electron chi connectivity index (χ2n) is 5.55. The van der Waals surface area contributed by atoms with Crippen molar-refractivity contribution in [3.05, 3.63) is 0 Å². The van der Waals surface area contributed by atoms with Gasteiger partial charge >= 0.3 is 0 Å². The zero-order valence-corrected chi connectivity index (χ0v) is 13.8. The van der Waals surface area contributed by atoms with Gasteiger partial charge in [-0.05, 0) is 6.42 Å². The summed E-state index contributed by atoms with van der Waals surface area (Å²) in [5, 5.41) is 0. The van der Waals surface area contributed by atoms with E-state index in [9.17, 15) is 4.79 Å². The maximum Gasteiger partial charge on any atom is 0.119 e. The first-order valence-electron chi connectivity index (χ1n) is 8.35. The van der Waals surface area contributed by atoms with E-state index >= 15 is 0 Å². The number of aldehydes is 1. The van der Waals surface area contributed by atoms with Crippen molar-refractivity contribution in [2.24, 2.45) is 0 Å². The lowest BCUT2D eigenvalue weighted by atomic mass is 10.0. The summed E-state index contributed by atoms with van der Waals surface area (Å²) in [6, 6.07) is 0. The number of carbonyl (C=O) groups excluding carboxylic acids is 1. The Morgan fingerprint density at radius 3 is 1.21 bits per heavy atom. The van der Waals surface area contributed by atoms with Crippen LogP contribution in [-0.2, 0) is 4.79 Å². The molecule has 0 spiro atoms. The Hall–Kier alpha value is -0.0400. The lowest BCUT2D eigenvalue weighted by molar-refractivity contribution is -0.107. The second-order valence-corrected chi connectivity index (χ2v) is 5.55. The average molecular weight is 291 g/mol. The molecule has 0 bridgehead atoms. The summed E-state index contributed by atoms with van der Waals surface area (Å²) in [5.74, 6) is 0. The van der Waals surface area contributed by atoms with Gasteiger partial charge in [-0.25, -0.2) is 0 Å². The van der Waals surface area contributed by atoms with Crippen LogP contribution in [0.5, 0.6) is 0 Å². The number of halogens is 1. The molecule has 0 heterocycles. The van der Waals surface area contributed by atoms with Crippen molar-refractivity contribution in [1.82, 2.24) is 0 Å². The van der Waals surface area contributed by atoms with E-state index < -0.39 is 0 Å². The first kappa shape index (κ1) is 21.3. The van der Waals surface area contributed by atoms with Crippen LogP contribution in [0, 0.1) is 0 Å². The van der Waals surface area contributed by atoms with Crippen molar-refractivity contribution >= 4 is 18.7 Å². The summed E-state index contributed by atoms with van der Waals surface area (Å²) in [4.78, 5) is 10.1. The Morgan fingerprint density at radius 1 is 0.579 bits per heavy atom. The molecule has 0 aromatic carbocycles. The standard InChI is InChI=1S/C17H34O.ClH/c1-2-3-4-5-6-7-8-9-10-11-12-13-14-15-16-17-18;/h17H,2-16H2,1H3;1H. The highest BCUT2D eigenvalue weighted by Crippen LogP contribution is 2.12. The summed E-state index contributed by atoms with van der Waals surface area (Å²) < 4.78 is 0. The number of unbranched alkanes of at least 4 members (excludes halogenated alkanes) is 14. The molecule has 0 atom stereocenters. The van der Waals surface area contributed by atoms with Gasteiger partial charge < -0.3 is 4.79 Å². The summed E-state index contributed by atoms with van der Waals surface area (Å²) in [6.45, 7) is 2.28. The molecule has 2 heteroatoms. The van der Waals surface area contributed by atoms with Gasteiger partial charge in [0.2, 0.25) is 0 Å². The number of carbonyl (C=O) groups is 1. The van der Waals surface area contributed by atoms with Crippen LogP contribution in [0.15, 0.2) is 0 Å². The molecule has 0 radical (unpaired) electrons. The first-order valence-corrected chi connectivity index (χ1v) is 8.35. The lowest BCUT2D eigenvalue weighted by Crippen LogP contribution is -1.83. The number of hydrogen-bond acceptors (Lipinski definition) is 1. The van der Waals surface area contributed by atoms with E-state index in [0.29, 0.717) is 0 Å². The van der Waals surface area contributed by atoms with Crippen molar-refractivity contribution in [2.45, 2.75) is 103 Å². The molecule has 0 aliphatic rings. The van der Waals surface area contributed by atoms with Crippen LogP contribution < -0.4 is 0 Å². The maximum atomic E-state index is 10.1. The van der Waals surface area contributed by atoms with Crippen molar-refractivity contribution in [2.75, 3.05) is 0 Å². The molecule has 116 valence electrons. The molecule has 0 saturated heterocycles. The Morgan fingerprint density at radius 2 is 0.895 bits per heavy atom. The van der Waals surface area contributed by atoms with Crippen molar-refractivity contribution in [3.63, 3.8) is 0 Å². The Balaban J connectivity index is 0. The van der Waals surface area contributed by atoms with Crippen molar-refractivity contribution in [1.29, 1.82) is 0 Å². The van der Waals surface area contributed by atoms with Gasteiger partial charge in [0.05, 0.1) is 0 Å². The molecule has 0 fully saturated rings. The van der Waals surface area contributed by atoms with Crippen LogP contribution in [0.25, 0.3) is 0 Å². The molecule has 0 rings (SSSR count). The average Bonchev–Trinajstić information content (AvgIpc) is 2.39. The molecule has 0 aliphatic heterocycles. The van der Waals surface area contributed by atoms with Crippen LogP contribution in [0.4, 0.5) is 0 Å². The fraction of sp³-hybridized carbons (Fsp3) is 0.941. The van der Waals surface area contributed by atoms with Crippen LogP contribution in [0.1, 0.15) is 103 Å². The smallest absolute Gasteiger partial charge is 0.119 e. The predicted molar refractivity (Wildman–Crippen MR) is 88.2 cm³/mol. The molecular formula is C17H35ClO. The molecule has 0 aromatic heterocycles. The monoisotopic (exact) mass is 290 g/mol. The zero-order valence-electron chi connectivity index (χ0n) is 13.0. The molecular weight excluding hydrogens is 256 g/mol. The van der Waals surface area contributed by atoms with E-state index in [4.69, 9.17) is 0 Å². The second kappa shape index (κ2) is 20.3. The predicted octanol–water partition coefficient (Wildman–Crippen LogP) is 6.48. The van der Waals surface area contributed by atoms with Gasteiger partial charge in [-0.1, -0.05) is 90.4 Å². The van der Waals surface area contributed by atoms with Crippen LogP contribution in [0.3, 0.4) is 0 Å². The third-order valence-corrected chi connectivity index (χ3v) is 3.68.